The Labute approximate surface area is 268 Å². The van der Waals surface area contributed by atoms with Crippen LogP contribution in [0.5, 0.6) is 5.75 Å². The van der Waals surface area contributed by atoms with Gasteiger partial charge in [-0.2, -0.15) is 0 Å². The number of nitrogens with two attached hydrogens (primary N) is 1. The lowest BCUT2D eigenvalue weighted by molar-refractivity contribution is 0.0697. The second-order valence-corrected chi connectivity index (χ2v) is 14.1. The predicted molar refractivity (Wildman–Crippen MR) is 178 cm³/mol. The summed E-state index contributed by atoms with van der Waals surface area (Å²) in [6.07, 6.45) is 20.5. The van der Waals surface area contributed by atoms with Gasteiger partial charge in [0, 0.05) is 23.6 Å². The molecule has 0 radical (unpaired) electrons. The molecule has 1 unspecified atom stereocenters. The summed E-state index contributed by atoms with van der Waals surface area (Å²) in [7, 11) is -4.24. The van der Waals surface area contributed by atoms with Crippen LogP contribution in [0.25, 0.3) is 0 Å². The number of hydrogen-bond donors (Lipinski definition) is 3. The number of carbonyl (C=O) groups is 2. The highest BCUT2D eigenvalue weighted by Crippen LogP contribution is 2.55. The fourth-order valence-corrected chi connectivity index (χ4v) is 7.52. The van der Waals surface area contributed by atoms with Crippen LogP contribution in [-0.4, -0.2) is 38.6 Å². The molecule has 4 rings (SSSR count). The lowest BCUT2D eigenvalue weighted by Gasteiger charge is -2.26. The number of carboxylic acid groups (broad SMARTS) is 1. The van der Waals surface area contributed by atoms with Gasteiger partial charge >= 0.3 is 5.97 Å². The molecule has 1 aliphatic carbocycles. The zero-order valence-electron chi connectivity index (χ0n) is 26.8. The largest absolute Gasteiger partial charge is 0.493 e. The number of hydrogen-bond acceptors (Lipinski definition) is 6. The molecule has 2 aromatic rings. The van der Waals surface area contributed by atoms with Gasteiger partial charge in [-0.25, -0.2) is 13.2 Å². The summed E-state index contributed by atoms with van der Waals surface area (Å²) >= 11 is 0. The number of anilines is 1. The summed E-state index contributed by atoms with van der Waals surface area (Å²) < 4.78 is 31.7. The van der Waals surface area contributed by atoms with Gasteiger partial charge in [-0.3, -0.25) is 10.6 Å². The predicted octanol–water partition coefficient (Wildman–Crippen LogP) is 7.67. The molecule has 0 spiro atoms. The monoisotopic (exact) mass is 641 g/mol. The van der Waals surface area contributed by atoms with Crippen LogP contribution < -0.4 is 20.3 Å². The number of aromatic carboxylic acids is 1. The van der Waals surface area contributed by atoms with Gasteiger partial charge < -0.3 is 14.7 Å². The van der Waals surface area contributed by atoms with Crippen molar-refractivity contribution in [3.05, 3.63) is 52.6 Å². The van der Waals surface area contributed by atoms with Gasteiger partial charge in [-0.1, -0.05) is 103 Å². The highest BCUT2D eigenvalue weighted by Gasteiger charge is 2.43. The number of nitrogens with zero attached hydrogens (tertiary/aromatic N) is 1. The molecule has 248 valence electrons. The number of nitrogens with one attached hydrogen (secondary N) is 1. The van der Waals surface area contributed by atoms with Gasteiger partial charge in [0.1, 0.15) is 10.6 Å². The maximum atomic E-state index is 14.0. The zero-order valence-corrected chi connectivity index (χ0v) is 27.6. The summed E-state index contributed by atoms with van der Waals surface area (Å²) in [6, 6.07) is 7.46. The lowest BCUT2D eigenvalue weighted by Crippen LogP contribution is -2.37. The maximum Gasteiger partial charge on any atom is 0.337 e. The number of para-hydroxylation sites is 1. The summed E-state index contributed by atoms with van der Waals surface area (Å²) in [6.45, 7) is 3.09. The fourth-order valence-electron chi connectivity index (χ4n) is 6.66. The molecule has 1 heterocycles. The minimum absolute atomic E-state index is 0.133. The molecule has 0 saturated heterocycles. The molecule has 1 atom stereocenters. The fraction of sp³-hybridized carbons (Fsp3) is 0.600. The van der Waals surface area contributed by atoms with E-state index in [2.05, 4.69) is 6.92 Å². The second kappa shape index (κ2) is 17.1. The summed E-state index contributed by atoms with van der Waals surface area (Å²) in [5.74, 6) is 4.49. The molecule has 0 fully saturated rings. The number of ether oxygens (including phenoxy) is 1. The Kier molecular flexibility index (Phi) is 13.3. The number of hydrazine groups is 1. The van der Waals surface area contributed by atoms with E-state index >= 15 is 0 Å². The SMILES string of the molecule is CCCCCCCCCCCCCCCCOc1ccc2c3c1C3CCCCN(c1c(C(=O)O)cccc1S(=O)(=O)NN)C2=O. The first-order chi connectivity index (χ1) is 21.8. The van der Waals surface area contributed by atoms with Crippen molar-refractivity contribution in [3.63, 3.8) is 0 Å². The Bertz CT molecular complexity index is 1410. The van der Waals surface area contributed by atoms with Crippen molar-refractivity contribution in [1.82, 2.24) is 4.83 Å². The lowest BCUT2D eigenvalue weighted by atomic mass is 10.0. The molecule has 0 saturated carbocycles. The molecule has 2 aliphatic rings. The molecule has 45 heavy (non-hydrogen) atoms. The summed E-state index contributed by atoms with van der Waals surface area (Å²) in [5.41, 5.74) is 2.00. The third-order valence-electron chi connectivity index (χ3n) is 9.16. The first-order valence-corrected chi connectivity index (χ1v) is 18.5. The number of rotatable bonds is 20. The van der Waals surface area contributed by atoms with Crippen LogP contribution in [0.15, 0.2) is 35.2 Å². The maximum absolute atomic E-state index is 14.0. The van der Waals surface area contributed by atoms with Crippen molar-refractivity contribution >= 4 is 27.6 Å². The first-order valence-electron chi connectivity index (χ1n) is 17.0. The van der Waals surface area contributed by atoms with Gasteiger partial charge in [-0.15, -0.1) is 4.83 Å². The normalized spacial score (nSPS) is 16.1. The van der Waals surface area contributed by atoms with Gasteiger partial charge in [0.15, 0.2) is 0 Å². The van der Waals surface area contributed by atoms with E-state index in [0.717, 1.165) is 42.6 Å². The van der Waals surface area contributed by atoms with Crippen molar-refractivity contribution < 1.29 is 27.9 Å². The molecular weight excluding hydrogens is 590 g/mol. The smallest absolute Gasteiger partial charge is 0.337 e. The van der Waals surface area contributed by atoms with Crippen LogP contribution in [0.4, 0.5) is 5.69 Å². The van der Waals surface area contributed by atoms with E-state index in [4.69, 9.17) is 10.6 Å². The van der Waals surface area contributed by atoms with Crippen LogP contribution in [-0.2, 0) is 10.0 Å². The van der Waals surface area contributed by atoms with Crippen molar-refractivity contribution in [2.45, 2.75) is 127 Å². The van der Waals surface area contributed by atoms with E-state index in [9.17, 15) is 23.1 Å². The standard InChI is InChI=1S/C35H51N3O6S/c1-2-3-4-5-6-7-8-9-10-11-12-13-14-17-25-44-29-23-22-27-31-26(32(29)31)19-15-16-24-38(34(27)39)33-28(35(40)41)20-18-21-30(33)45(42,43)37-36/h18,20-23,26,37H,2-17,19,24-25,36H2,1H3,(H,40,41). The van der Waals surface area contributed by atoms with E-state index in [1.165, 1.54) is 100 Å². The van der Waals surface area contributed by atoms with Gasteiger partial charge in [-0.05, 0) is 49.1 Å². The molecule has 4 N–H and O–H groups in total. The Morgan fingerprint density at radius 2 is 1.53 bits per heavy atom. The average molecular weight is 642 g/mol. The minimum Gasteiger partial charge on any atom is -0.493 e. The van der Waals surface area contributed by atoms with Gasteiger partial charge in [0.05, 0.1) is 17.9 Å². The molecule has 2 aromatic carbocycles. The van der Waals surface area contributed by atoms with Crippen LogP contribution >= 0.6 is 0 Å². The highest BCUT2D eigenvalue weighted by molar-refractivity contribution is 7.89. The third-order valence-corrected chi connectivity index (χ3v) is 10.4. The van der Waals surface area contributed by atoms with E-state index in [1.807, 2.05) is 6.07 Å². The van der Waals surface area contributed by atoms with E-state index in [1.54, 1.807) is 10.9 Å². The Balaban J connectivity index is 1.30. The summed E-state index contributed by atoms with van der Waals surface area (Å²) in [5, 5.41) is 9.89. The molecule has 0 bridgehead atoms. The van der Waals surface area contributed by atoms with Crippen molar-refractivity contribution in [3.8, 4) is 5.75 Å². The van der Waals surface area contributed by atoms with E-state index in [0.29, 0.717) is 18.6 Å². The molecule has 1 aliphatic heterocycles. The van der Waals surface area contributed by atoms with E-state index < -0.39 is 21.9 Å². The number of fused-ring (bicyclic) bond motifs is 1. The van der Waals surface area contributed by atoms with Crippen molar-refractivity contribution in [1.29, 1.82) is 0 Å². The van der Waals surface area contributed by atoms with Crippen LogP contribution in [0.2, 0.25) is 0 Å². The second-order valence-electron chi connectivity index (χ2n) is 12.5. The number of carbonyl (C=O) groups excluding carboxylic acids is 1. The highest BCUT2D eigenvalue weighted by atomic mass is 32.2. The quantitative estimate of drug-likeness (QED) is 0.0766. The molecule has 1 amide bonds. The molecule has 9 nitrogen and oxygen atoms in total. The molecule has 0 aromatic heterocycles. The minimum atomic E-state index is -4.24. The average Bonchev–Trinajstić information content (AvgIpc) is 3.75. The Hall–Kier alpha value is -2.95. The number of unbranched alkanes of at least 4 members (excludes halogenated alkanes) is 13. The van der Waals surface area contributed by atoms with E-state index in [-0.39, 0.29) is 28.6 Å². The molecular formula is C35H51N3O6S. The summed E-state index contributed by atoms with van der Waals surface area (Å²) in [4.78, 5) is 28.8. The first kappa shape index (κ1) is 34.9. The van der Waals surface area contributed by atoms with Crippen LogP contribution in [0, 0.1) is 0 Å². The third kappa shape index (κ3) is 9.08. The topological polar surface area (TPSA) is 139 Å². The number of amides is 1. The van der Waals surface area contributed by atoms with Gasteiger partial charge in [0.2, 0.25) is 0 Å². The van der Waals surface area contributed by atoms with Crippen molar-refractivity contribution in [2.24, 2.45) is 5.84 Å². The zero-order chi connectivity index (χ0) is 32.2. The van der Waals surface area contributed by atoms with Crippen molar-refractivity contribution in [2.75, 3.05) is 18.1 Å². The number of sulfonamides is 1. The molecule has 10 heteroatoms. The Morgan fingerprint density at radius 3 is 2.13 bits per heavy atom. The number of benzene rings is 2. The Morgan fingerprint density at radius 1 is 0.911 bits per heavy atom. The number of carboxylic acids is 1. The van der Waals surface area contributed by atoms with Crippen LogP contribution in [0.3, 0.4) is 0 Å². The van der Waals surface area contributed by atoms with Crippen LogP contribution in [0.1, 0.15) is 154 Å². The van der Waals surface area contributed by atoms with Gasteiger partial charge in [0.25, 0.3) is 15.9 Å².